The number of carbonyl (C=O) groups is 1. The summed E-state index contributed by atoms with van der Waals surface area (Å²) in [6.45, 7) is 4.87. The summed E-state index contributed by atoms with van der Waals surface area (Å²) in [5.74, 6) is -1.18. The lowest BCUT2D eigenvalue weighted by atomic mass is 9.84. The van der Waals surface area contributed by atoms with E-state index >= 15 is 0 Å². The first-order valence-electron chi connectivity index (χ1n) is 9.33. The highest BCUT2D eigenvalue weighted by Crippen LogP contribution is 2.35. The van der Waals surface area contributed by atoms with Crippen LogP contribution in [0.25, 0.3) is 0 Å². The van der Waals surface area contributed by atoms with Crippen LogP contribution in [-0.2, 0) is 26.0 Å². The number of nitrogens with one attached hydrogen (secondary N) is 1. The number of sulfonamides is 1. The second-order valence-corrected chi connectivity index (χ2v) is 9.03. The maximum absolute atomic E-state index is 11.2. The van der Waals surface area contributed by atoms with Gasteiger partial charge in [-0.15, -0.1) is 0 Å². The van der Waals surface area contributed by atoms with Crippen molar-refractivity contribution in [1.29, 1.82) is 0 Å². The molecule has 170 valence electrons. The van der Waals surface area contributed by atoms with Crippen LogP contribution in [0.4, 0.5) is 19.1 Å². The van der Waals surface area contributed by atoms with Gasteiger partial charge < -0.3 is 14.7 Å². The average molecular weight is 454 g/mol. The van der Waals surface area contributed by atoms with Crippen molar-refractivity contribution in [3.8, 4) is 0 Å². The average Bonchev–Trinajstić information content (AvgIpc) is 3.08. The van der Waals surface area contributed by atoms with Crippen LogP contribution in [0.15, 0.2) is 12.4 Å². The largest absolute Gasteiger partial charge is 0.490 e. The van der Waals surface area contributed by atoms with Crippen molar-refractivity contribution < 1.29 is 36.2 Å². The topological polar surface area (TPSA) is 122 Å². The molecule has 3 heterocycles. The molecule has 1 aromatic rings. The Hall–Kier alpha value is -1.99. The predicted octanol–water partition coefficient (Wildman–Crippen LogP) is 1.06. The van der Waals surface area contributed by atoms with Crippen molar-refractivity contribution in [2.24, 2.45) is 11.8 Å². The summed E-state index contributed by atoms with van der Waals surface area (Å²) in [6, 6.07) is 0. The van der Waals surface area contributed by atoms with Gasteiger partial charge in [-0.1, -0.05) is 6.92 Å². The molecule has 2 fully saturated rings. The molecule has 9 nitrogen and oxygen atoms in total. The number of carboxylic acids is 1. The third kappa shape index (κ3) is 7.06. The normalized spacial score (nSPS) is 24.0. The number of aliphatic carboxylic acids is 1. The lowest BCUT2D eigenvalue weighted by molar-refractivity contribution is -0.192. The van der Waals surface area contributed by atoms with Gasteiger partial charge in [0, 0.05) is 37.9 Å². The van der Waals surface area contributed by atoms with Crippen molar-refractivity contribution in [2.75, 3.05) is 37.4 Å². The van der Waals surface area contributed by atoms with Crippen molar-refractivity contribution in [2.45, 2.75) is 32.0 Å². The van der Waals surface area contributed by atoms with Crippen LogP contribution in [0.5, 0.6) is 0 Å². The Morgan fingerprint density at radius 2 is 1.97 bits per heavy atom. The van der Waals surface area contributed by atoms with Crippen LogP contribution in [0.3, 0.4) is 0 Å². The summed E-state index contributed by atoms with van der Waals surface area (Å²) in [4.78, 5) is 20.0. The zero-order valence-electron chi connectivity index (χ0n) is 16.6. The number of anilines is 1. The van der Waals surface area contributed by atoms with Crippen molar-refractivity contribution in [1.82, 2.24) is 14.7 Å². The first kappa shape index (κ1) is 24.3. The van der Waals surface area contributed by atoms with Gasteiger partial charge in [0.1, 0.15) is 0 Å². The van der Waals surface area contributed by atoms with Gasteiger partial charge in [0.15, 0.2) is 0 Å². The Balaban J connectivity index is 0.000000396. The molecule has 2 aliphatic rings. The number of aryl methyl sites for hydroxylation is 1. The number of fused-ring (bicyclic) bond motifs is 1. The Bertz CT molecular complexity index is 820. The van der Waals surface area contributed by atoms with E-state index in [2.05, 4.69) is 26.5 Å². The van der Waals surface area contributed by atoms with Crippen molar-refractivity contribution in [3.05, 3.63) is 18.0 Å². The van der Waals surface area contributed by atoms with E-state index < -0.39 is 22.2 Å². The number of ether oxygens (including phenoxy) is 1. The standard InChI is InChI=1S/C15H24N4O3S.C2HF3O2/c1-3-11-6-16-15(17-7-11)19-5-4-13-12(9-19)10-22-14(13)8-18-23(2,20)21;3-2(4,5)1(6)7/h6-7,12-14,18H,3-5,8-10H2,1-2H3;(H,6,7)/t12-,13-,14+;/m0./s1. The van der Waals surface area contributed by atoms with Gasteiger partial charge in [-0.05, 0) is 24.3 Å². The molecule has 0 aromatic carbocycles. The number of halogens is 3. The minimum Gasteiger partial charge on any atom is -0.475 e. The molecule has 0 amide bonds. The number of rotatable bonds is 5. The highest BCUT2D eigenvalue weighted by Gasteiger charge is 2.41. The molecular weight excluding hydrogens is 429 g/mol. The molecule has 2 aliphatic heterocycles. The molecule has 3 atom stereocenters. The zero-order chi connectivity index (χ0) is 22.5. The fourth-order valence-electron chi connectivity index (χ4n) is 3.41. The lowest BCUT2D eigenvalue weighted by Gasteiger charge is -2.35. The van der Waals surface area contributed by atoms with E-state index in [9.17, 15) is 21.6 Å². The molecule has 0 spiro atoms. The molecule has 1 aromatic heterocycles. The Kier molecular flexibility index (Phi) is 7.99. The Morgan fingerprint density at radius 1 is 1.37 bits per heavy atom. The monoisotopic (exact) mass is 454 g/mol. The fraction of sp³-hybridized carbons (Fsp3) is 0.706. The minimum atomic E-state index is -5.08. The maximum atomic E-state index is 11.2. The van der Waals surface area contributed by atoms with Gasteiger partial charge in [0.05, 0.1) is 19.0 Å². The molecule has 0 unspecified atom stereocenters. The predicted molar refractivity (Wildman–Crippen MR) is 101 cm³/mol. The fourth-order valence-corrected chi connectivity index (χ4v) is 3.87. The Morgan fingerprint density at radius 3 is 2.47 bits per heavy atom. The van der Waals surface area contributed by atoms with Crippen LogP contribution in [0.2, 0.25) is 0 Å². The highest BCUT2D eigenvalue weighted by atomic mass is 32.2. The number of aromatic nitrogens is 2. The number of hydrogen-bond donors (Lipinski definition) is 2. The van der Waals surface area contributed by atoms with Gasteiger partial charge in [-0.3, -0.25) is 0 Å². The number of nitrogens with zero attached hydrogens (tertiary/aromatic N) is 3. The highest BCUT2D eigenvalue weighted by molar-refractivity contribution is 7.88. The molecule has 0 bridgehead atoms. The minimum absolute atomic E-state index is 0.0275. The van der Waals surface area contributed by atoms with Crippen LogP contribution < -0.4 is 9.62 Å². The smallest absolute Gasteiger partial charge is 0.475 e. The second kappa shape index (κ2) is 9.88. The number of alkyl halides is 3. The SMILES string of the molecule is CCc1cnc(N2CC[C@H]3[C@H](CO[C@@H]3CNS(C)(=O)=O)C2)nc1.O=C(O)C(F)(F)F. The van der Waals surface area contributed by atoms with E-state index in [1.807, 2.05) is 12.4 Å². The number of hydrogen-bond acceptors (Lipinski definition) is 7. The quantitative estimate of drug-likeness (QED) is 0.678. The summed E-state index contributed by atoms with van der Waals surface area (Å²) in [5, 5.41) is 7.12. The van der Waals surface area contributed by atoms with Gasteiger partial charge in [-0.2, -0.15) is 13.2 Å². The number of carboxylic acid groups (broad SMARTS) is 1. The van der Waals surface area contributed by atoms with Gasteiger partial charge in [0.2, 0.25) is 16.0 Å². The van der Waals surface area contributed by atoms with Crippen molar-refractivity contribution in [3.63, 3.8) is 0 Å². The molecule has 0 radical (unpaired) electrons. The third-order valence-electron chi connectivity index (χ3n) is 4.97. The molecule has 13 heteroatoms. The van der Waals surface area contributed by atoms with E-state index in [0.29, 0.717) is 25.0 Å². The second-order valence-electron chi connectivity index (χ2n) is 7.20. The maximum Gasteiger partial charge on any atom is 0.490 e. The molecular formula is C17H25F3N4O5S. The van der Waals surface area contributed by atoms with E-state index in [-0.39, 0.29) is 6.10 Å². The van der Waals surface area contributed by atoms with Crippen LogP contribution >= 0.6 is 0 Å². The molecule has 2 saturated heterocycles. The molecule has 3 rings (SSSR count). The molecule has 0 aliphatic carbocycles. The third-order valence-corrected chi connectivity index (χ3v) is 5.66. The first-order valence-corrected chi connectivity index (χ1v) is 11.2. The Labute approximate surface area is 172 Å². The summed E-state index contributed by atoms with van der Waals surface area (Å²) in [6.07, 6.45) is 1.75. The summed E-state index contributed by atoms with van der Waals surface area (Å²) in [7, 11) is -3.17. The van der Waals surface area contributed by atoms with Crippen LogP contribution in [-0.4, -0.2) is 74.2 Å². The first-order chi connectivity index (χ1) is 13.9. The number of piperidine rings is 1. The molecule has 30 heavy (non-hydrogen) atoms. The van der Waals surface area contributed by atoms with Crippen LogP contribution in [0, 0.1) is 11.8 Å². The van der Waals surface area contributed by atoms with Gasteiger partial charge in [-0.25, -0.2) is 27.9 Å². The lowest BCUT2D eigenvalue weighted by Crippen LogP contribution is -2.44. The summed E-state index contributed by atoms with van der Waals surface area (Å²) >= 11 is 0. The molecule has 0 saturated carbocycles. The van der Waals surface area contributed by atoms with Crippen molar-refractivity contribution >= 4 is 21.9 Å². The zero-order valence-corrected chi connectivity index (χ0v) is 17.4. The summed E-state index contributed by atoms with van der Waals surface area (Å²) < 4.78 is 62.6. The van der Waals surface area contributed by atoms with Gasteiger partial charge in [0.25, 0.3) is 0 Å². The van der Waals surface area contributed by atoms with Gasteiger partial charge >= 0.3 is 12.1 Å². The van der Waals surface area contributed by atoms with E-state index in [1.54, 1.807) is 0 Å². The summed E-state index contributed by atoms with van der Waals surface area (Å²) in [5.41, 5.74) is 1.14. The van der Waals surface area contributed by atoms with E-state index in [4.69, 9.17) is 14.6 Å². The van der Waals surface area contributed by atoms with Crippen LogP contribution in [0.1, 0.15) is 18.9 Å². The van der Waals surface area contributed by atoms with E-state index in [1.165, 1.54) is 6.26 Å². The van der Waals surface area contributed by atoms with E-state index in [0.717, 1.165) is 37.4 Å². The molecule has 2 N–H and O–H groups in total.